The van der Waals surface area contributed by atoms with Crippen molar-refractivity contribution in [1.29, 1.82) is 0 Å². The molecule has 0 spiro atoms. The third-order valence-electron chi connectivity index (χ3n) is 4.42. The van der Waals surface area contributed by atoms with Crippen molar-refractivity contribution in [2.75, 3.05) is 13.1 Å². The monoisotopic (exact) mass is 287 g/mol. The van der Waals surface area contributed by atoms with Crippen molar-refractivity contribution >= 4 is 11.6 Å². The molecule has 1 rings (SSSR count). The summed E-state index contributed by atoms with van der Waals surface area (Å²) in [4.78, 5) is 0. The first kappa shape index (κ1) is 17.3. The van der Waals surface area contributed by atoms with Gasteiger partial charge in [0.25, 0.3) is 0 Å². The Hall–Kier alpha value is 0.250. The Morgan fingerprint density at radius 2 is 1.42 bits per heavy atom. The molecule has 1 fully saturated rings. The second-order valence-corrected chi connectivity index (χ2v) is 6.91. The van der Waals surface area contributed by atoms with Gasteiger partial charge in [-0.15, -0.1) is 11.6 Å². The van der Waals surface area contributed by atoms with E-state index in [4.69, 9.17) is 11.6 Å². The van der Waals surface area contributed by atoms with Crippen LogP contribution in [-0.2, 0) is 0 Å². The van der Waals surface area contributed by atoms with Gasteiger partial charge in [0, 0.05) is 5.38 Å². The first-order valence-corrected chi connectivity index (χ1v) is 9.11. The number of hydrogen-bond donors (Lipinski definition) is 1. The SMILES string of the molecule is CCCCCCCCCCNCC1CCC(Cl)CC1. The fraction of sp³-hybridized carbons (Fsp3) is 1.00. The molecule has 0 unspecified atom stereocenters. The summed E-state index contributed by atoms with van der Waals surface area (Å²) in [6.07, 6.45) is 16.4. The van der Waals surface area contributed by atoms with Crippen LogP contribution in [0.5, 0.6) is 0 Å². The number of alkyl halides is 1. The maximum absolute atomic E-state index is 6.13. The van der Waals surface area contributed by atoms with E-state index in [9.17, 15) is 0 Å². The van der Waals surface area contributed by atoms with Crippen molar-refractivity contribution in [3.8, 4) is 0 Å². The molecule has 0 aromatic heterocycles. The molecule has 114 valence electrons. The second-order valence-electron chi connectivity index (χ2n) is 6.30. The highest BCUT2D eigenvalue weighted by molar-refractivity contribution is 6.20. The van der Waals surface area contributed by atoms with Gasteiger partial charge in [-0.2, -0.15) is 0 Å². The van der Waals surface area contributed by atoms with Gasteiger partial charge in [-0.05, 0) is 51.1 Å². The average Bonchev–Trinajstić information content (AvgIpc) is 2.43. The molecule has 2 heteroatoms. The fourth-order valence-corrected chi connectivity index (χ4v) is 3.27. The predicted molar refractivity (Wildman–Crippen MR) is 87.1 cm³/mol. The van der Waals surface area contributed by atoms with Gasteiger partial charge in [0.15, 0.2) is 0 Å². The van der Waals surface area contributed by atoms with Gasteiger partial charge in [0.1, 0.15) is 0 Å². The topological polar surface area (TPSA) is 12.0 Å². The average molecular weight is 288 g/mol. The number of hydrogen-bond acceptors (Lipinski definition) is 1. The summed E-state index contributed by atoms with van der Waals surface area (Å²) in [6, 6.07) is 0. The molecule has 1 aliphatic rings. The Morgan fingerprint density at radius 3 is 2.05 bits per heavy atom. The van der Waals surface area contributed by atoms with Crippen LogP contribution in [0.15, 0.2) is 0 Å². The van der Waals surface area contributed by atoms with Crippen molar-refractivity contribution in [2.24, 2.45) is 5.92 Å². The molecule has 0 heterocycles. The maximum Gasteiger partial charge on any atom is 0.0336 e. The van der Waals surface area contributed by atoms with Crippen molar-refractivity contribution in [3.63, 3.8) is 0 Å². The van der Waals surface area contributed by atoms with Crippen LogP contribution in [0.2, 0.25) is 0 Å². The van der Waals surface area contributed by atoms with Crippen LogP contribution in [0.3, 0.4) is 0 Å². The minimum Gasteiger partial charge on any atom is -0.316 e. The quantitative estimate of drug-likeness (QED) is 0.390. The third-order valence-corrected chi connectivity index (χ3v) is 4.85. The van der Waals surface area contributed by atoms with Crippen LogP contribution in [0.1, 0.15) is 84.0 Å². The Kier molecular flexibility index (Phi) is 11.0. The Morgan fingerprint density at radius 1 is 0.842 bits per heavy atom. The summed E-state index contributed by atoms with van der Waals surface area (Å²) >= 11 is 6.13. The van der Waals surface area contributed by atoms with E-state index in [0.29, 0.717) is 5.38 Å². The van der Waals surface area contributed by atoms with Crippen molar-refractivity contribution in [3.05, 3.63) is 0 Å². The molecular formula is C17H34ClN. The lowest BCUT2D eigenvalue weighted by Crippen LogP contribution is -2.27. The lowest BCUT2D eigenvalue weighted by atomic mass is 9.89. The van der Waals surface area contributed by atoms with Gasteiger partial charge in [-0.1, -0.05) is 51.9 Å². The van der Waals surface area contributed by atoms with Crippen LogP contribution >= 0.6 is 11.6 Å². The molecule has 0 aliphatic heterocycles. The summed E-state index contributed by atoms with van der Waals surface area (Å²) in [5, 5.41) is 4.10. The zero-order valence-corrected chi connectivity index (χ0v) is 13.7. The van der Waals surface area contributed by atoms with Crippen LogP contribution in [0, 0.1) is 5.92 Å². The van der Waals surface area contributed by atoms with Crippen molar-refractivity contribution in [1.82, 2.24) is 5.32 Å². The molecule has 1 nitrogen and oxygen atoms in total. The fourth-order valence-electron chi connectivity index (χ4n) is 3.02. The summed E-state index contributed by atoms with van der Waals surface area (Å²) < 4.78 is 0. The summed E-state index contributed by atoms with van der Waals surface area (Å²) in [5.74, 6) is 0.893. The minimum absolute atomic E-state index is 0.462. The third kappa shape index (κ3) is 9.73. The van der Waals surface area contributed by atoms with E-state index in [2.05, 4.69) is 12.2 Å². The summed E-state index contributed by atoms with van der Waals surface area (Å²) in [6.45, 7) is 4.72. The molecule has 0 amide bonds. The van der Waals surface area contributed by atoms with Gasteiger partial charge < -0.3 is 5.32 Å². The number of rotatable bonds is 11. The molecule has 1 saturated carbocycles. The second kappa shape index (κ2) is 12.0. The largest absolute Gasteiger partial charge is 0.316 e. The zero-order chi connectivity index (χ0) is 13.8. The molecule has 1 aliphatic carbocycles. The molecule has 0 bridgehead atoms. The molecule has 0 atom stereocenters. The van der Waals surface area contributed by atoms with Crippen molar-refractivity contribution in [2.45, 2.75) is 89.4 Å². The standard InChI is InChI=1S/C17H34ClN/c1-2-3-4-5-6-7-8-9-14-19-15-16-10-12-17(18)13-11-16/h16-17,19H,2-15H2,1H3. The highest BCUT2D eigenvalue weighted by Gasteiger charge is 2.18. The van der Waals surface area contributed by atoms with Crippen LogP contribution in [-0.4, -0.2) is 18.5 Å². The first-order valence-electron chi connectivity index (χ1n) is 8.67. The van der Waals surface area contributed by atoms with E-state index in [1.165, 1.54) is 90.1 Å². The summed E-state index contributed by atoms with van der Waals surface area (Å²) in [5.41, 5.74) is 0. The molecule has 0 aromatic rings. The molecule has 0 saturated heterocycles. The number of halogens is 1. The molecule has 0 aromatic carbocycles. The first-order chi connectivity index (χ1) is 9.33. The van der Waals surface area contributed by atoms with Crippen LogP contribution < -0.4 is 5.32 Å². The van der Waals surface area contributed by atoms with Gasteiger partial charge in [-0.25, -0.2) is 0 Å². The normalized spacial score (nSPS) is 23.7. The lowest BCUT2D eigenvalue weighted by Gasteiger charge is -2.25. The number of nitrogens with one attached hydrogen (secondary N) is 1. The van der Waals surface area contributed by atoms with Crippen LogP contribution in [0.4, 0.5) is 0 Å². The van der Waals surface area contributed by atoms with E-state index in [0.717, 1.165) is 5.92 Å². The predicted octanol–water partition coefficient (Wildman–Crippen LogP) is 5.51. The number of unbranched alkanes of at least 4 members (excludes halogenated alkanes) is 7. The maximum atomic E-state index is 6.13. The minimum atomic E-state index is 0.462. The Labute approximate surface area is 125 Å². The Bertz CT molecular complexity index is 188. The molecule has 19 heavy (non-hydrogen) atoms. The van der Waals surface area contributed by atoms with Gasteiger partial charge in [0.2, 0.25) is 0 Å². The van der Waals surface area contributed by atoms with E-state index < -0.39 is 0 Å². The molecule has 1 N–H and O–H groups in total. The van der Waals surface area contributed by atoms with E-state index in [-0.39, 0.29) is 0 Å². The van der Waals surface area contributed by atoms with Crippen LogP contribution in [0.25, 0.3) is 0 Å². The zero-order valence-electron chi connectivity index (χ0n) is 12.9. The van der Waals surface area contributed by atoms with Crippen molar-refractivity contribution < 1.29 is 0 Å². The smallest absolute Gasteiger partial charge is 0.0336 e. The molecular weight excluding hydrogens is 254 g/mol. The van der Waals surface area contributed by atoms with E-state index >= 15 is 0 Å². The Balaban J connectivity index is 1.76. The van der Waals surface area contributed by atoms with Gasteiger partial charge in [-0.3, -0.25) is 0 Å². The van der Waals surface area contributed by atoms with E-state index in [1.807, 2.05) is 0 Å². The highest BCUT2D eigenvalue weighted by atomic mass is 35.5. The summed E-state index contributed by atoms with van der Waals surface area (Å²) in [7, 11) is 0. The molecule has 0 radical (unpaired) electrons. The highest BCUT2D eigenvalue weighted by Crippen LogP contribution is 2.26. The lowest BCUT2D eigenvalue weighted by molar-refractivity contribution is 0.345. The van der Waals surface area contributed by atoms with Gasteiger partial charge >= 0.3 is 0 Å². The van der Waals surface area contributed by atoms with Gasteiger partial charge in [0.05, 0.1) is 0 Å². The van der Waals surface area contributed by atoms with E-state index in [1.54, 1.807) is 0 Å².